The number of rotatable bonds is 5. The number of aromatic amines is 1. The van der Waals surface area contributed by atoms with Crippen molar-refractivity contribution in [2.45, 2.75) is 19.9 Å². The first-order chi connectivity index (χ1) is 8.84. The highest BCUT2D eigenvalue weighted by Gasteiger charge is 2.08. The van der Waals surface area contributed by atoms with Gasteiger partial charge < -0.3 is 10.3 Å². The molecule has 0 spiro atoms. The molecule has 0 unspecified atom stereocenters. The van der Waals surface area contributed by atoms with Gasteiger partial charge >= 0.3 is 0 Å². The van der Waals surface area contributed by atoms with Crippen LogP contribution in [-0.2, 0) is 13.0 Å². The molecule has 3 aromatic heterocycles. The van der Waals surface area contributed by atoms with Crippen LogP contribution in [0.15, 0.2) is 24.1 Å². The Hall–Kier alpha value is -1.66. The fraction of sp³-hybridized carbons (Fsp3) is 0.333. The molecule has 18 heavy (non-hydrogen) atoms. The van der Waals surface area contributed by atoms with Gasteiger partial charge in [0.2, 0.25) is 0 Å². The van der Waals surface area contributed by atoms with Gasteiger partial charge in [-0.3, -0.25) is 4.40 Å². The molecule has 2 N–H and O–H groups in total. The predicted octanol–water partition coefficient (Wildman–Crippen LogP) is 1.76. The Bertz CT molecular complexity index is 622. The summed E-state index contributed by atoms with van der Waals surface area (Å²) in [5, 5.41) is 5.51. The number of aryl methyl sites for hydroxylation is 1. The van der Waals surface area contributed by atoms with Crippen molar-refractivity contribution in [2.75, 3.05) is 6.54 Å². The molecule has 3 aromatic rings. The summed E-state index contributed by atoms with van der Waals surface area (Å²) in [5.41, 5.74) is 3.51. The van der Waals surface area contributed by atoms with Crippen LogP contribution in [0.3, 0.4) is 0 Å². The first-order valence-corrected chi connectivity index (χ1v) is 6.81. The third-order valence-electron chi connectivity index (χ3n) is 2.98. The number of hydrogen-bond acceptors (Lipinski definition) is 4. The van der Waals surface area contributed by atoms with E-state index < -0.39 is 0 Å². The molecular weight excluding hydrogens is 246 g/mol. The van der Waals surface area contributed by atoms with Crippen molar-refractivity contribution < 1.29 is 0 Å². The Kier molecular flexibility index (Phi) is 3.12. The Labute approximate surface area is 109 Å². The highest BCUT2D eigenvalue weighted by molar-refractivity contribution is 7.15. The van der Waals surface area contributed by atoms with Crippen LogP contribution in [0.1, 0.15) is 17.1 Å². The van der Waals surface area contributed by atoms with Crippen molar-refractivity contribution in [3.05, 3.63) is 41.2 Å². The maximum Gasteiger partial charge on any atom is 0.194 e. The summed E-state index contributed by atoms with van der Waals surface area (Å²) in [4.78, 5) is 12.7. The molecule has 0 aliphatic rings. The smallest absolute Gasteiger partial charge is 0.194 e. The fourth-order valence-electron chi connectivity index (χ4n) is 2.00. The lowest BCUT2D eigenvalue weighted by Gasteiger charge is -2.04. The Balaban J connectivity index is 1.59. The molecule has 3 rings (SSSR count). The zero-order valence-corrected chi connectivity index (χ0v) is 11.0. The number of aromatic nitrogens is 4. The van der Waals surface area contributed by atoms with Crippen molar-refractivity contribution in [3.63, 3.8) is 0 Å². The molecule has 0 bridgehead atoms. The van der Waals surface area contributed by atoms with Crippen LogP contribution in [-0.4, -0.2) is 25.9 Å². The molecule has 0 atom stereocenters. The van der Waals surface area contributed by atoms with E-state index in [4.69, 9.17) is 0 Å². The molecule has 5 nitrogen and oxygen atoms in total. The van der Waals surface area contributed by atoms with Gasteiger partial charge in [-0.25, -0.2) is 9.97 Å². The Morgan fingerprint density at radius 3 is 3.28 bits per heavy atom. The molecule has 0 aliphatic heterocycles. The summed E-state index contributed by atoms with van der Waals surface area (Å²) >= 11 is 1.67. The van der Waals surface area contributed by atoms with Gasteiger partial charge in [0.25, 0.3) is 0 Å². The summed E-state index contributed by atoms with van der Waals surface area (Å²) in [7, 11) is 0. The highest BCUT2D eigenvalue weighted by atomic mass is 32.1. The van der Waals surface area contributed by atoms with Gasteiger partial charge in [-0.05, 0) is 6.92 Å². The first-order valence-electron chi connectivity index (χ1n) is 5.93. The van der Waals surface area contributed by atoms with E-state index in [1.807, 2.05) is 6.20 Å². The maximum absolute atomic E-state index is 4.53. The van der Waals surface area contributed by atoms with E-state index in [0.29, 0.717) is 0 Å². The highest BCUT2D eigenvalue weighted by Crippen LogP contribution is 2.16. The number of thiazole rings is 1. The molecule has 0 saturated carbocycles. The lowest BCUT2D eigenvalue weighted by atomic mass is 10.3. The number of hydrogen-bond donors (Lipinski definition) is 2. The van der Waals surface area contributed by atoms with E-state index in [1.54, 1.807) is 17.7 Å². The van der Waals surface area contributed by atoms with Crippen LogP contribution >= 0.6 is 11.3 Å². The van der Waals surface area contributed by atoms with E-state index in [0.717, 1.165) is 35.9 Å². The summed E-state index contributed by atoms with van der Waals surface area (Å²) < 4.78 is 2.16. The van der Waals surface area contributed by atoms with Crippen LogP contribution in [0.5, 0.6) is 0 Å². The lowest BCUT2D eigenvalue weighted by Crippen LogP contribution is -2.18. The SMILES string of the molecule is Cc1nc2sccn2c1CNCCc1cnc[nH]1. The van der Waals surface area contributed by atoms with Gasteiger partial charge in [0.1, 0.15) is 0 Å². The Morgan fingerprint density at radius 2 is 2.44 bits per heavy atom. The maximum atomic E-state index is 4.53. The largest absolute Gasteiger partial charge is 0.348 e. The molecule has 0 fully saturated rings. The predicted molar refractivity (Wildman–Crippen MR) is 71.8 cm³/mol. The minimum Gasteiger partial charge on any atom is -0.348 e. The van der Waals surface area contributed by atoms with Crippen molar-refractivity contribution in [1.82, 2.24) is 24.7 Å². The monoisotopic (exact) mass is 261 g/mol. The Morgan fingerprint density at radius 1 is 1.50 bits per heavy atom. The molecule has 0 radical (unpaired) electrons. The van der Waals surface area contributed by atoms with Crippen LogP contribution in [0.4, 0.5) is 0 Å². The van der Waals surface area contributed by atoms with Crippen LogP contribution in [0.2, 0.25) is 0 Å². The van der Waals surface area contributed by atoms with Gasteiger partial charge in [0.05, 0.1) is 17.7 Å². The second-order valence-corrected chi connectivity index (χ2v) is 5.08. The van der Waals surface area contributed by atoms with Crippen LogP contribution in [0.25, 0.3) is 4.96 Å². The lowest BCUT2D eigenvalue weighted by molar-refractivity contribution is 0.664. The number of fused-ring (bicyclic) bond motifs is 1. The van der Waals surface area contributed by atoms with E-state index in [2.05, 4.69) is 43.2 Å². The number of imidazole rings is 2. The molecule has 94 valence electrons. The zero-order valence-electron chi connectivity index (χ0n) is 10.2. The van der Waals surface area contributed by atoms with Gasteiger partial charge in [-0.1, -0.05) is 0 Å². The van der Waals surface area contributed by atoms with Gasteiger partial charge in [-0.15, -0.1) is 11.3 Å². The quantitative estimate of drug-likeness (QED) is 0.688. The summed E-state index contributed by atoms with van der Waals surface area (Å²) in [6, 6.07) is 0. The first kappa shape index (κ1) is 11.4. The summed E-state index contributed by atoms with van der Waals surface area (Å²) in [6.07, 6.45) is 6.62. The zero-order chi connectivity index (χ0) is 12.4. The van der Waals surface area contributed by atoms with E-state index in [9.17, 15) is 0 Å². The molecule has 0 aliphatic carbocycles. The molecule has 0 amide bonds. The molecule has 3 heterocycles. The standard InChI is InChI=1S/C12H15N5S/c1-9-11(17-4-5-18-12(17)16-9)7-13-3-2-10-6-14-8-15-10/h4-6,8,13H,2-3,7H2,1H3,(H,14,15). The average Bonchev–Trinajstić information content (AvgIpc) is 3.03. The summed E-state index contributed by atoms with van der Waals surface area (Å²) in [5.74, 6) is 0. The number of nitrogens with zero attached hydrogens (tertiary/aromatic N) is 3. The second kappa shape index (κ2) is 4.91. The van der Waals surface area contributed by atoms with Crippen molar-refractivity contribution in [3.8, 4) is 0 Å². The van der Waals surface area contributed by atoms with Crippen molar-refractivity contribution in [1.29, 1.82) is 0 Å². The van der Waals surface area contributed by atoms with Gasteiger partial charge in [-0.2, -0.15) is 0 Å². The van der Waals surface area contributed by atoms with E-state index >= 15 is 0 Å². The number of nitrogens with one attached hydrogen (secondary N) is 2. The fourth-order valence-corrected chi connectivity index (χ4v) is 2.78. The van der Waals surface area contributed by atoms with E-state index in [1.165, 1.54) is 5.69 Å². The minimum atomic E-state index is 0.845. The summed E-state index contributed by atoms with van der Waals surface area (Å²) in [6.45, 7) is 3.84. The molecule has 0 saturated heterocycles. The third kappa shape index (κ3) is 2.16. The molecular formula is C12H15N5S. The second-order valence-electron chi connectivity index (χ2n) is 4.20. The minimum absolute atomic E-state index is 0.845. The van der Waals surface area contributed by atoms with Gasteiger partial charge in [0, 0.05) is 43.0 Å². The third-order valence-corrected chi connectivity index (χ3v) is 3.74. The number of H-pyrrole nitrogens is 1. The van der Waals surface area contributed by atoms with Crippen molar-refractivity contribution in [2.24, 2.45) is 0 Å². The van der Waals surface area contributed by atoms with Crippen LogP contribution in [0, 0.1) is 6.92 Å². The van der Waals surface area contributed by atoms with E-state index in [-0.39, 0.29) is 0 Å². The van der Waals surface area contributed by atoms with Crippen molar-refractivity contribution >= 4 is 16.3 Å². The molecule has 0 aromatic carbocycles. The molecule has 6 heteroatoms. The normalized spacial score (nSPS) is 11.4. The van der Waals surface area contributed by atoms with Gasteiger partial charge in [0.15, 0.2) is 4.96 Å². The van der Waals surface area contributed by atoms with Crippen LogP contribution < -0.4 is 5.32 Å². The topological polar surface area (TPSA) is 58.0 Å². The average molecular weight is 261 g/mol.